The van der Waals surface area contributed by atoms with Crippen LogP contribution in [0.15, 0.2) is 0 Å². The molecule has 2 aliphatic carbocycles. The van der Waals surface area contributed by atoms with Crippen LogP contribution in [0.3, 0.4) is 0 Å². The highest BCUT2D eigenvalue weighted by Crippen LogP contribution is 2.39. The maximum absolute atomic E-state index is 6.57. The van der Waals surface area contributed by atoms with Crippen LogP contribution in [0, 0.1) is 23.7 Å². The summed E-state index contributed by atoms with van der Waals surface area (Å²) in [6.07, 6.45) is 12.7. The molecule has 4 aliphatic rings. The first-order valence-corrected chi connectivity index (χ1v) is 10.8. The van der Waals surface area contributed by atoms with Gasteiger partial charge in [-0.3, -0.25) is 10.6 Å². The fraction of sp³-hybridized carbons (Fsp3) is 1.00. The first kappa shape index (κ1) is 18.2. The topological polar surface area (TPSA) is 68.5 Å². The summed E-state index contributed by atoms with van der Waals surface area (Å²) in [5, 5.41) is 7.24. The van der Waals surface area contributed by atoms with Gasteiger partial charge in [0.2, 0.25) is 0 Å². The molecule has 7 unspecified atom stereocenters. The summed E-state index contributed by atoms with van der Waals surface area (Å²) < 4.78 is 12.4. The van der Waals surface area contributed by atoms with Crippen LogP contribution >= 0.6 is 0 Å². The smallest absolute Gasteiger partial charge is 0.111 e. The van der Waals surface area contributed by atoms with E-state index in [4.69, 9.17) is 15.2 Å². The molecule has 0 radical (unpaired) electrons. The predicted molar refractivity (Wildman–Crippen MR) is 99.0 cm³/mol. The van der Waals surface area contributed by atoms with Gasteiger partial charge in [0.1, 0.15) is 12.5 Å². The van der Waals surface area contributed by atoms with Gasteiger partial charge in [-0.15, -0.1) is 0 Å². The van der Waals surface area contributed by atoms with Crippen molar-refractivity contribution in [1.82, 2.24) is 10.6 Å². The van der Waals surface area contributed by atoms with Gasteiger partial charge in [-0.1, -0.05) is 19.3 Å². The van der Waals surface area contributed by atoms with Crippen molar-refractivity contribution in [2.75, 3.05) is 26.2 Å². The number of hydrogen-bond acceptors (Lipinski definition) is 5. The fourth-order valence-corrected chi connectivity index (χ4v) is 5.81. The number of rotatable bonds is 5. The van der Waals surface area contributed by atoms with Crippen molar-refractivity contribution in [1.29, 1.82) is 0 Å². The Hall–Kier alpha value is -0.200. The summed E-state index contributed by atoms with van der Waals surface area (Å²) in [6, 6.07) is 0. The Bertz CT molecular complexity index is 414. The van der Waals surface area contributed by atoms with E-state index in [1.807, 2.05) is 0 Å². The highest BCUT2D eigenvalue weighted by molar-refractivity contribution is 4.89. The van der Waals surface area contributed by atoms with Crippen molar-refractivity contribution in [3.63, 3.8) is 0 Å². The zero-order valence-corrected chi connectivity index (χ0v) is 15.6. The minimum Gasteiger partial charge on any atom is -0.362 e. The summed E-state index contributed by atoms with van der Waals surface area (Å²) in [6.45, 7) is 3.77. The first-order chi connectivity index (χ1) is 12.3. The largest absolute Gasteiger partial charge is 0.362 e. The van der Waals surface area contributed by atoms with Gasteiger partial charge < -0.3 is 15.2 Å². The van der Waals surface area contributed by atoms with Gasteiger partial charge in [0.25, 0.3) is 0 Å². The van der Waals surface area contributed by atoms with Crippen LogP contribution in [0.2, 0.25) is 0 Å². The van der Waals surface area contributed by atoms with E-state index in [9.17, 15) is 0 Å². The maximum atomic E-state index is 6.57. The zero-order valence-electron chi connectivity index (χ0n) is 15.6. The Labute approximate surface area is 152 Å². The maximum Gasteiger partial charge on any atom is 0.111 e. The van der Waals surface area contributed by atoms with Crippen LogP contribution in [0.5, 0.6) is 0 Å². The normalized spacial score (nSPS) is 45.7. The van der Waals surface area contributed by atoms with Gasteiger partial charge in [-0.05, 0) is 68.7 Å². The van der Waals surface area contributed by atoms with Crippen LogP contribution in [0.25, 0.3) is 0 Å². The van der Waals surface area contributed by atoms with Crippen LogP contribution in [0.1, 0.15) is 57.8 Å². The predicted octanol–water partition coefficient (Wildman–Crippen LogP) is 2.21. The molecule has 0 spiro atoms. The summed E-state index contributed by atoms with van der Waals surface area (Å²) in [4.78, 5) is 0. The summed E-state index contributed by atoms with van der Waals surface area (Å²) in [7, 11) is 0. The first-order valence-electron chi connectivity index (χ1n) is 10.8. The second-order valence-electron chi connectivity index (χ2n) is 8.81. The van der Waals surface area contributed by atoms with Crippen LogP contribution in [-0.2, 0) is 9.47 Å². The third-order valence-corrected chi connectivity index (χ3v) is 7.12. The van der Waals surface area contributed by atoms with Gasteiger partial charge in [-0.25, -0.2) is 0 Å². The summed E-state index contributed by atoms with van der Waals surface area (Å²) in [5.74, 6) is 2.88. The van der Waals surface area contributed by atoms with Crippen molar-refractivity contribution in [3.05, 3.63) is 0 Å². The Kier molecular flexibility index (Phi) is 6.30. The van der Waals surface area contributed by atoms with Gasteiger partial charge in [0.05, 0.1) is 12.7 Å². The Morgan fingerprint density at radius 2 is 1.68 bits per heavy atom. The highest BCUT2D eigenvalue weighted by Gasteiger charge is 2.40. The second-order valence-corrected chi connectivity index (χ2v) is 8.81. The van der Waals surface area contributed by atoms with Crippen molar-refractivity contribution in [2.45, 2.75) is 76.3 Å². The lowest BCUT2D eigenvalue weighted by Crippen LogP contribution is -2.40. The molecule has 4 fully saturated rings. The number of hydrogen-bond donors (Lipinski definition) is 3. The standard InChI is InChI=1S/C20H37N3O2/c21-8-7-14-3-1-4-15(11-14)18-13-23-20(25-18)17-6-2-5-16(12-17)19-22-9-10-24-19/h14-20,22-23H,1-13,21H2. The third kappa shape index (κ3) is 4.38. The molecule has 0 aromatic rings. The number of nitrogens with two attached hydrogens (primary N) is 1. The minimum atomic E-state index is 0.268. The van der Waals surface area contributed by atoms with Gasteiger partial charge in [0, 0.05) is 13.1 Å². The average molecular weight is 352 g/mol. The molecule has 0 bridgehead atoms. The monoisotopic (exact) mass is 351 g/mol. The quantitative estimate of drug-likeness (QED) is 0.708. The summed E-state index contributed by atoms with van der Waals surface area (Å²) >= 11 is 0. The van der Waals surface area contributed by atoms with Crippen molar-refractivity contribution < 1.29 is 9.47 Å². The van der Waals surface area contributed by atoms with Crippen molar-refractivity contribution in [3.8, 4) is 0 Å². The van der Waals surface area contributed by atoms with E-state index in [0.29, 0.717) is 17.9 Å². The molecular weight excluding hydrogens is 314 g/mol. The lowest BCUT2D eigenvalue weighted by Gasteiger charge is -2.36. The average Bonchev–Trinajstić information content (AvgIpc) is 3.35. The van der Waals surface area contributed by atoms with E-state index in [1.165, 1.54) is 57.8 Å². The van der Waals surface area contributed by atoms with E-state index < -0.39 is 0 Å². The van der Waals surface area contributed by atoms with Crippen LogP contribution in [0.4, 0.5) is 0 Å². The SMILES string of the molecule is NCCC1CCCC(C2CNC(C3CCCC(C4NCCO4)C3)O2)C1. The molecule has 2 heterocycles. The molecule has 144 valence electrons. The molecule has 0 aromatic heterocycles. The van der Waals surface area contributed by atoms with E-state index in [0.717, 1.165) is 38.1 Å². The Balaban J connectivity index is 1.28. The molecule has 2 saturated carbocycles. The fourth-order valence-electron chi connectivity index (χ4n) is 5.81. The molecule has 0 aromatic carbocycles. The lowest BCUT2D eigenvalue weighted by molar-refractivity contribution is -0.0548. The van der Waals surface area contributed by atoms with Crippen LogP contribution < -0.4 is 16.4 Å². The Morgan fingerprint density at radius 3 is 2.48 bits per heavy atom. The molecular formula is C20H37N3O2. The highest BCUT2D eigenvalue weighted by atomic mass is 16.5. The number of nitrogens with one attached hydrogen (secondary N) is 2. The van der Waals surface area contributed by atoms with Crippen molar-refractivity contribution in [2.24, 2.45) is 29.4 Å². The molecule has 2 aliphatic heterocycles. The van der Waals surface area contributed by atoms with E-state index in [1.54, 1.807) is 0 Å². The minimum absolute atomic E-state index is 0.268. The third-order valence-electron chi connectivity index (χ3n) is 7.12. The van der Waals surface area contributed by atoms with E-state index in [-0.39, 0.29) is 12.5 Å². The van der Waals surface area contributed by atoms with Gasteiger partial charge >= 0.3 is 0 Å². The second kappa shape index (κ2) is 8.66. The molecule has 7 atom stereocenters. The zero-order chi connectivity index (χ0) is 17.1. The molecule has 4 N–H and O–H groups in total. The van der Waals surface area contributed by atoms with E-state index in [2.05, 4.69) is 10.6 Å². The molecule has 25 heavy (non-hydrogen) atoms. The van der Waals surface area contributed by atoms with E-state index >= 15 is 0 Å². The van der Waals surface area contributed by atoms with Crippen molar-refractivity contribution >= 4 is 0 Å². The molecule has 0 amide bonds. The lowest BCUT2D eigenvalue weighted by atomic mass is 9.77. The summed E-state index contributed by atoms with van der Waals surface area (Å²) in [5.41, 5.74) is 5.78. The molecule has 4 rings (SSSR count). The van der Waals surface area contributed by atoms with Crippen LogP contribution in [-0.4, -0.2) is 44.8 Å². The van der Waals surface area contributed by atoms with Gasteiger partial charge in [-0.2, -0.15) is 0 Å². The molecule has 2 saturated heterocycles. The van der Waals surface area contributed by atoms with Gasteiger partial charge in [0.15, 0.2) is 0 Å². The Morgan fingerprint density at radius 1 is 0.880 bits per heavy atom. The number of ether oxygens (including phenoxy) is 2. The molecule has 5 nitrogen and oxygen atoms in total. The molecule has 5 heteroatoms.